The summed E-state index contributed by atoms with van der Waals surface area (Å²) in [6.45, 7) is 8.11. The molecule has 1 N–H and O–H groups in total. The van der Waals surface area contributed by atoms with Crippen molar-refractivity contribution in [2.24, 2.45) is 12.0 Å². The van der Waals surface area contributed by atoms with Crippen molar-refractivity contribution in [3.63, 3.8) is 0 Å². The SMILES string of the molecule is CN=C(NCc1sccc1C)N(C)Cc1cn(C)nc1C(C)C. The van der Waals surface area contributed by atoms with Gasteiger partial charge in [-0.25, -0.2) is 0 Å². The molecule has 0 unspecified atom stereocenters. The minimum absolute atomic E-state index is 0.420. The molecule has 0 aliphatic rings. The first kappa shape index (κ1) is 17.5. The minimum atomic E-state index is 0.420. The maximum Gasteiger partial charge on any atom is 0.193 e. The van der Waals surface area contributed by atoms with Crippen LogP contribution >= 0.6 is 11.3 Å². The van der Waals surface area contributed by atoms with Crippen LogP contribution in [0.2, 0.25) is 0 Å². The van der Waals surface area contributed by atoms with Crippen LogP contribution in [0.4, 0.5) is 0 Å². The number of nitrogens with one attached hydrogen (secondary N) is 1. The van der Waals surface area contributed by atoms with Gasteiger partial charge < -0.3 is 10.2 Å². The second-order valence-electron chi connectivity index (χ2n) is 6.15. The van der Waals surface area contributed by atoms with Gasteiger partial charge in [0, 0.05) is 44.3 Å². The monoisotopic (exact) mass is 333 g/mol. The molecule has 0 radical (unpaired) electrons. The summed E-state index contributed by atoms with van der Waals surface area (Å²) in [5, 5.41) is 10.2. The lowest BCUT2D eigenvalue weighted by Crippen LogP contribution is -2.38. The Hall–Kier alpha value is -1.82. The molecule has 0 aliphatic heterocycles. The van der Waals surface area contributed by atoms with E-state index in [-0.39, 0.29) is 0 Å². The Labute approximate surface area is 143 Å². The van der Waals surface area contributed by atoms with Crippen LogP contribution < -0.4 is 5.32 Å². The zero-order valence-electron chi connectivity index (χ0n) is 14.9. The topological polar surface area (TPSA) is 45.5 Å². The average Bonchev–Trinajstić information content (AvgIpc) is 3.06. The largest absolute Gasteiger partial charge is 0.351 e. The molecule has 2 heterocycles. The van der Waals surface area contributed by atoms with Crippen molar-refractivity contribution in [2.75, 3.05) is 14.1 Å². The van der Waals surface area contributed by atoms with Crippen LogP contribution in [0.1, 0.15) is 41.5 Å². The van der Waals surface area contributed by atoms with Crippen LogP contribution in [-0.2, 0) is 20.1 Å². The smallest absolute Gasteiger partial charge is 0.193 e. The molecule has 2 aromatic rings. The Morgan fingerprint density at radius 3 is 2.78 bits per heavy atom. The third-order valence-corrected chi connectivity index (χ3v) is 4.86. The van der Waals surface area contributed by atoms with E-state index in [0.29, 0.717) is 5.92 Å². The number of aryl methyl sites for hydroxylation is 2. The Morgan fingerprint density at radius 1 is 1.48 bits per heavy atom. The van der Waals surface area contributed by atoms with E-state index < -0.39 is 0 Å². The Kier molecular flexibility index (Phi) is 5.82. The number of hydrogen-bond donors (Lipinski definition) is 1. The highest BCUT2D eigenvalue weighted by molar-refractivity contribution is 7.10. The maximum atomic E-state index is 4.58. The minimum Gasteiger partial charge on any atom is -0.351 e. The molecular formula is C17H27N5S. The lowest BCUT2D eigenvalue weighted by Gasteiger charge is -2.22. The first-order chi connectivity index (χ1) is 10.9. The van der Waals surface area contributed by atoms with E-state index in [0.717, 1.165) is 24.7 Å². The molecule has 0 amide bonds. The fourth-order valence-electron chi connectivity index (χ4n) is 2.62. The van der Waals surface area contributed by atoms with Gasteiger partial charge in [-0.3, -0.25) is 9.67 Å². The van der Waals surface area contributed by atoms with Crippen LogP contribution in [0.5, 0.6) is 0 Å². The number of aromatic nitrogens is 2. The fourth-order valence-corrected chi connectivity index (χ4v) is 3.47. The normalized spacial score (nSPS) is 12.0. The lowest BCUT2D eigenvalue weighted by molar-refractivity contribution is 0.473. The van der Waals surface area contributed by atoms with Gasteiger partial charge >= 0.3 is 0 Å². The Bertz CT molecular complexity index is 668. The molecule has 0 bridgehead atoms. The van der Waals surface area contributed by atoms with Gasteiger partial charge in [0.15, 0.2) is 5.96 Å². The third-order valence-electron chi connectivity index (χ3n) is 3.84. The fraction of sp³-hybridized carbons (Fsp3) is 0.529. The van der Waals surface area contributed by atoms with Gasteiger partial charge in [0.25, 0.3) is 0 Å². The number of guanidine groups is 1. The van der Waals surface area contributed by atoms with Crippen molar-refractivity contribution in [3.05, 3.63) is 39.3 Å². The van der Waals surface area contributed by atoms with E-state index in [9.17, 15) is 0 Å². The molecule has 23 heavy (non-hydrogen) atoms. The van der Waals surface area contributed by atoms with Crippen molar-refractivity contribution in [1.82, 2.24) is 20.0 Å². The van der Waals surface area contributed by atoms with Crippen LogP contribution in [0.3, 0.4) is 0 Å². The summed E-state index contributed by atoms with van der Waals surface area (Å²) in [7, 11) is 5.86. The van der Waals surface area contributed by atoms with E-state index in [2.05, 4.69) is 65.8 Å². The van der Waals surface area contributed by atoms with Gasteiger partial charge in [-0.1, -0.05) is 13.8 Å². The number of nitrogens with zero attached hydrogens (tertiary/aromatic N) is 4. The predicted molar refractivity (Wildman–Crippen MR) is 98.0 cm³/mol. The predicted octanol–water partition coefficient (Wildman–Crippen LogP) is 3.12. The molecule has 2 rings (SSSR count). The summed E-state index contributed by atoms with van der Waals surface area (Å²) >= 11 is 1.78. The van der Waals surface area contributed by atoms with Gasteiger partial charge in [-0.2, -0.15) is 5.10 Å². The van der Waals surface area contributed by atoms with E-state index in [4.69, 9.17) is 0 Å². The third kappa shape index (κ3) is 4.34. The van der Waals surface area contributed by atoms with Gasteiger partial charge in [-0.05, 0) is 29.9 Å². The van der Waals surface area contributed by atoms with Crippen LogP contribution in [-0.4, -0.2) is 34.7 Å². The lowest BCUT2D eigenvalue weighted by atomic mass is 10.1. The molecule has 0 saturated carbocycles. The Balaban J connectivity index is 2.03. The first-order valence-corrected chi connectivity index (χ1v) is 8.77. The average molecular weight is 334 g/mol. The first-order valence-electron chi connectivity index (χ1n) is 7.89. The molecule has 6 heteroatoms. The summed E-state index contributed by atoms with van der Waals surface area (Å²) in [5.74, 6) is 1.32. The quantitative estimate of drug-likeness (QED) is 0.675. The van der Waals surface area contributed by atoms with E-state index in [1.54, 1.807) is 11.3 Å². The van der Waals surface area contributed by atoms with Crippen molar-refractivity contribution in [1.29, 1.82) is 0 Å². The second-order valence-corrected chi connectivity index (χ2v) is 7.15. The van der Waals surface area contributed by atoms with Gasteiger partial charge in [0.1, 0.15) is 0 Å². The molecule has 0 saturated heterocycles. The molecule has 0 atom stereocenters. The summed E-state index contributed by atoms with van der Waals surface area (Å²) < 4.78 is 1.89. The molecule has 0 spiro atoms. The number of rotatable bonds is 5. The van der Waals surface area contributed by atoms with E-state index in [1.165, 1.54) is 16.0 Å². The molecule has 0 fully saturated rings. The molecule has 0 aromatic carbocycles. The summed E-state index contributed by atoms with van der Waals surface area (Å²) in [5.41, 5.74) is 3.74. The highest BCUT2D eigenvalue weighted by Gasteiger charge is 2.15. The van der Waals surface area contributed by atoms with Gasteiger partial charge in [0.05, 0.1) is 12.2 Å². The molecular weight excluding hydrogens is 306 g/mol. The zero-order valence-corrected chi connectivity index (χ0v) is 15.7. The summed E-state index contributed by atoms with van der Waals surface area (Å²) in [6, 6.07) is 2.15. The number of thiophene rings is 1. The van der Waals surface area contributed by atoms with Crippen molar-refractivity contribution < 1.29 is 0 Å². The molecule has 2 aromatic heterocycles. The van der Waals surface area contributed by atoms with Gasteiger partial charge in [-0.15, -0.1) is 11.3 Å². The number of aliphatic imine (C=N–C) groups is 1. The molecule has 0 aliphatic carbocycles. The maximum absolute atomic E-state index is 4.58. The summed E-state index contributed by atoms with van der Waals surface area (Å²) in [4.78, 5) is 7.90. The molecule has 5 nitrogen and oxygen atoms in total. The van der Waals surface area contributed by atoms with Crippen LogP contribution in [0.15, 0.2) is 22.6 Å². The highest BCUT2D eigenvalue weighted by atomic mass is 32.1. The van der Waals surface area contributed by atoms with Crippen molar-refractivity contribution in [2.45, 2.75) is 39.8 Å². The van der Waals surface area contributed by atoms with Crippen molar-refractivity contribution >= 4 is 17.3 Å². The Morgan fingerprint density at radius 2 is 2.22 bits per heavy atom. The van der Waals surface area contributed by atoms with E-state index in [1.807, 2.05) is 18.8 Å². The number of hydrogen-bond acceptors (Lipinski definition) is 3. The van der Waals surface area contributed by atoms with Crippen molar-refractivity contribution in [3.8, 4) is 0 Å². The van der Waals surface area contributed by atoms with Crippen LogP contribution in [0, 0.1) is 6.92 Å². The second kappa shape index (κ2) is 7.64. The highest BCUT2D eigenvalue weighted by Crippen LogP contribution is 2.19. The summed E-state index contributed by atoms with van der Waals surface area (Å²) in [6.07, 6.45) is 2.10. The standard InChI is InChI=1S/C17H27N5S/c1-12(2)16-14(11-22(6)20-16)10-21(5)17(18-4)19-9-15-13(3)7-8-23-15/h7-8,11-12H,9-10H2,1-6H3,(H,18,19). The van der Waals surface area contributed by atoms with E-state index >= 15 is 0 Å². The van der Waals surface area contributed by atoms with Gasteiger partial charge in [0.2, 0.25) is 0 Å². The van der Waals surface area contributed by atoms with Crippen LogP contribution in [0.25, 0.3) is 0 Å². The molecule has 126 valence electrons. The zero-order chi connectivity index (χ0) is 17.0.